The highest BCUT2D eigenvalue weighted by atomic mass is 32.2. The third kappa shape index (κ3) is 4.28. The lowest BCUT2D eigenvalue weighted by Crippen LogP contribution is -2.18. The Bertz CT molecular complexity index is 1160. The van der Waals surface area contributed by atoms with Crippen molar-refractivity contribution in [1.29, 1.82) is 0 Å². The van der Waals surface area contributed by atoms with Crippen LogP contribution in [0.1, 0.15) is 29.8 Å². The van der Waals surface area contributed by atoms with E-state index in [9.17, 15) is 17.6 Å². The Morgan fingerprint density at radius 1 is 1.14 bits per heavy atom. The molecule has 3 aromatic rings. The lowest BCUT2D eigenvalue weighted by Gasteiger charge is -2.07. The van der Waals surface area contributed by atoms with Gasteiger partial charge in [0.2, 0.25) is 0 Å². The van der Waals surface area contributed by atoms with Gasteiger partial charge in [0.25, 0.3) is 5.91 Å². The number of nitrogens with zero attached hydrogens (tertiary/aromatic N) is 2. The summed E-state index contributed by atoms with van der Waals surface area (Å²) in [6.45, 7) is 3.47. The number of thiazole rings is 1. The molecule has 0 saturated carbocycles. The lowest BCUT2D eigenvalue weighted by atomic mass is 10.2. The first-order valence-corrected chi connectivity index (χ1v) is 11.0. The van der Waals surface area contributed by atoms with Crippen LogP contribution in [0.5, 0.6) is 0 Å². The van der Waals surface area contributed by atoms with E-state index in [0.717, 1.165) is 0 Å². The van der Waals surface area contributed by atoms with Crippen molar-refractivity contribution in [3.8, 4) is 0 Å². The van der Waals surface area contributed by atoms with E-state index in [1.165, 1.54) is 41.7 Å². The summed E-state index contributed by atoms with van der Waals surface area (Å²) < 4.78 is 39.9. The van der Waals surface area contributed by atoms with Crippen LogP contribution in [0.15, 0.2) is 70.0 Å². The van der Waals surface area contributed by atoms with Crippen molar-refractivity contribution in [3.63, 3.8) is 0 Å². The Hall–Kier alpha value is -2.58. The molecule has 1 aromatic heterocycles. The van der Waals surface area contributed by atoms with Gasteiger partial charge >= 0.3 is 0 Å². The van der Waals surface area contributed by atoms with Crippen LogP contribution in [-0.4, -0.2) is 24.1 Å². The van der Waals surface area contributed by atoms with E-state index in [1.807, 2.05) is 0 Å². The summed E-state index contributed by atoms with van der Waals surface area (Å²) >= 11 is 1.27. The van der Waals surface area contributed by atoms with Gasteiger partial charge in [0.05, 0.1) is 16.7 Å². The molecule has 2 aromatic carbocycles. The van der Waals surface area contributed by atoms with Gasteiger partial charge < -0.3 is 4.57 Å². The zero-order valence-electron chi connectivity index (χ0n) is 15.4. The van der Waals surface area contributed by atoms with E-state index >= 15 is 0 Å². The van der Waals surface area contributed by atoms with Crippen LogP contribution in [0.4, 0.5) is 4.39 Å². The standard InChI is InChI=1S/C20H19FN2O3S2/c1-14(2)28(25,26)17-9-7-15(8-10-17)19(24)22-20-23(11-12-27-20)13-16-5-3-4-6-18(16)21/h3-12,14H,13H2,1-2H3. The van der Waals surface area contributed by atoms with E-state index < -0.39 is 21.0 Å². The molecule has 1 heterocycles. The summed E-state index contributed by atoms with van der Waals surface area (Å²) in [4.78, 5) is 17.2. The number of carbonyl (C=O) groups is 1. The second-order valence-electron chi connectivity index (χ2n) is 6.44. The van der Waals surface area contributed by atoms with Gasteiger partial charge in [-0.1, -0.05) is 18.2 Å². The van der Waals surface area contributed by atoms with E-state index in [0.29, 0.717) is 10.4 Å². The topological polar surface area (TPSA) is 68.5 Å². The zero-order valence-corrected chi connectivity index (χ0v) is 17.0. The molecule has 0 unspecified atom stereocenters. The van der Waals surface area contributed by atoms with Crippen LogP contribution in [0.2, 0.25) is 0 Å². The van der Waals surface area contributed by atoms with Crippen LogP contribution in [0.3, 0.4) is 0 Å². The summed E-state index contributed by atoms with van der Waals surface area (Å²) in [6, 6.07) is 12.2. The molecule has 3 rings (SSSR count). The maximum atomic E-state index is 13.9. The Morgan fingerprint density at radius 2 is 1.82 bits per heavy atom. The van der Waals surface area contributed by atoms with Crippen molar-refractivity contribution < 1.29 is 17.6 Å². The highest BCUT2D eigenvalue weighted by Gasteiger charge is 2.19. The Morgan fingerprint density at radius 3 is 2.46 bits per heavy atom. The molecule has 0 fully saturated rings. The first-order valence-electron chi connectivity index (χ1n) is 8.59. The molecule has 0 atom stereocenters. The third-order valence-electron chi connectivity index (χ3n) is 4.21. The summed E-state index contributed by atoms with van der Waals surface area (Å²) in [5.74, 6) is -0.807. The fourth-order valence-electron chi connectivity index (χ4n) is 2.53. The molecule has 0 bridgehead atoms. The first-order chi connectivity index (χ1) is 13.3. The monoisotopic (exact) mass is 418 g/mol. The van der Waals surface area contributed by atoms with Crippen LogP contribution >= 0.6 is 11.3 Å². The number of rotatable bonds is 5. The molecule has 0 aliphatic carbocycles. The number of halogens is 1. The van der Waals surface area contributed by atoms with Crippen molar-refractivity contribution in [1.82, 2.24) is 4.57 Å². The normalized spacial score (nSPS) is 12.5. The van der Waals surface area contributed by atoms with Crippen LogP contribution in [-0.2, 0) is 16.4 Å². The molecule has 8 heteroatoms. The molecule has 0 aliphatic rings. The van der Waals surface area contributed by atoms with Gasteiger partial charge in [0, 0.05) is 22.7 Å². The summed E-state index contributed by atoms with van der Waals surface area (Å²) in [5, 5.41) is 1.23. The van der Waals surface area contributed by atoms with Crippen molar-refractivity contribution in [2.45, 2.75) is 30.5 Å². The fraction of sp³-hybridized carbons (Fsp3) is 0.200. The molecule has 28 heavy (non-hydrogen) atoms. The Balaban J connectivity index is 1.86. The van der Waals surface area contributed by atoms with Gasteiger partial charge in [-0.05, 0) is 44.2 Å². The van der Waals surface area contributed by atoms with Crippen LogP contribution in [0.25, 0.3) is 0 Å². The Labute approximate surface area is 166 Å². The van der Waals surface area contributed by atoms with E-state index in [1.54, 1.807) is 48.2 Å². The molecule has 5 nitrogen and oxygen atoms in total. The third-order valence-corrected chi connectivity index (χ3v) is 7.17. The maximum Gasteiger partial charge on any atom is 0.279 e. The minimum absolute atomic E-state index is 0.171. The molecule has 0 N–H and O–H groups in total. The van der Waals surface area contributed by atoms with Gasteiger partial charge in [0.15, 0.2) is 14.6 Å². The highest BCUT2D eigenvalue weighted by Crippen LogP contribution is 2.17. The smallest absolute Gasteiger partial charge is 0.279 e. The molecular weight excluding hydrogens is 399 g/mol. The predicted octanol–water partition coefficient (Wildman–Crippen LogP) is 3.66. The second-order valence-corrected chi connectivity index (χ2v) is 9.82. The lowest BCUT2D eigenvalue weighted by molar-refractivity contribution is 0.0997. The molecule has 1 amide bonds. The number of amides is 1. The van der Waals surface area contributed by atoms with Gasteiger partial charge in [0.1, 0.15) is 5.82 Å². The number of aromatic nitrogens is 1. The number of sulfone groups is 1. The molecular formula is C20H19FN2O3S2. The maximum absolute atomic E-state index is 13.9. The summed E-state index contributed by atoms with van der Waals surface area (Å²) in [7, 11) is -3.39. The SMILES string of the molecule is CC(C)S(=O)(=O)c1ccc(C(=O)N=c2sccn2Cc2ccccc2F)cc1. The Kier molecular flexibility index (Phi) is 5.90. The van der Waals surface area contributed by atoms with Crippen molar-refractivity contribution >= 4 is 27.1 Å². The first kappa shape index (κ1) is 20.2. The minimum atomic E-state index is -3.39. The van der Waals surface area contributed by atoms with Gasteiger partial charge in [-0.3, -0.25) is 4.79 Å². The molecule has 146 valence electrons. The van der Waals surface area contributed by atoms with Gasteiger partial charge in [-0.15, -0.1) is 11.3 Å². The van der Waals surface area contributed by atoms with Crippen molar-refractivity contribution in [2.24, 2.45) is 4.99 Å². The number of hydrogen-bond donors (Lipinski definition) is 0. The fourth-order valence-corrected chi connectivity index (χ4v) is 4.31. The van der Waals surface area contributed by atoms with E-state index in [2.05, 4.69) is 4.99 Å². The van der Waals surface area contributed by atoms with Gasteiger partial charge in [-0.25, -0.2) is 12.8 Å². The molecule has 0 saturated heterocycles. The summed E-state index contributed by atoms with van der Waals surface area (Å²) in [6.07, 6.45) is 1.74. The molecule has 0 spiro atoms. The van der Waals surface area contributed by atoms with Crippen LogP contribution in [0, 0.1) is 5.82 Å². The van der Waals surface area contributed by atoms with Crippen molar-refractivity contribution in [3.05, 3.63) is 81.9 Å². The minimum Gasteiger partial charge on any atom is -0.319 e. The molecule has 0 radical (unpaired) electrons. The average Bonchev–Trinajstić information content (AvgIpc) is 3.10. The molecule has 0 aliphatic heterocycles. The van der Waals surface area contributed by atoms with Crippen LogP contribution < -0.4 is 4.80 Å². The van der Waals surface area contributed by atoms with E-state index in [4.69, 9.17) is 0 Å². The number of carbonyl (C=O) groups excluding carboxylic acids is 1. The quantitative estimate of drug-likeness (QED) is 0.635. The average molecular weight is 419 g/mol. The highest BCUT2D eigenvalue weighted by molar-refractivity contribution is 7.92. The summed E-state index contributed by atoms with van der Waals surface area (Å²) in [5.41, 5.74) is 0.784. The predicted molar refractivity (Wildman–Crippen MR) is 106 cm³/mol. The number of hydrogen-bond acceptors (Lipinski definition) is 4. The zero-order chi connectivity index (χ0) is 20.3. The van der Waals surface area contributed by atoms with E-state index in [-0.39, 0.29) is 22.8 Å². The van der Waals surface area contributed by atoms with Crippen molar-refractivity contribution in [2.75, 3.05) is 0 Å². The second kappa shape index (κ2) is 8.20. The largest absolute Gasteiger partial charge is 0.319 e. The number of benzene rings is 2. The van der Waals surface area contributed by atoms with Gasteiger partial charge in [-0.2, -0.15) is 4.99 Å².